The second-order valence-electron chi connectivity index (χ2n) is 4.40. The predicted molar refractivity (Wildman–Crippen MR) is 71.3 cm³/mol. The van der Waals surface area contributed by atoms with Gasteiger partial charge in [-0.1, -0.05) is 38.5 Å². The van der Waals surface area contributed by atoms with Crippen molar-refractivity contribution in [2.45, 2.75) is 46.2 Å². The Bertz CT molecular complexity index is 309. The first kappa shape index (κ1) is 13.0. The Labute approximate surface area is 99.5 Å². The topological polar surface area (TPSA) is 29.3 Å². The summed E-state index contributed by atoms with van der Waals surface area (Å²) >= 11 is 0. The molecule has 0 heterocycles. The van der Waals surface area contributed by atoms with Crippen LogP contribution in [-0.2, 0) is 6.54 Å². The molecule has 2 heteroatoms. The third-order valence-corrected chi connectivity index (χ3v) is 3.16. The molecule has 1 aromatic rings. The minimum absolute atomic E-state index is 0.634. The van der Waals surface area contributed by atoms with E-state index in [9.17, 15) is 0 Å². The zero-order chi connectivity index (χ0) is 12.0. The molecule has 0 aromatic heterocycles. The highest BCUT2D eigenvalue weighted by atomic mass is 15.1. The summed E-state index contributed by atoms with van der Waals surface area (Å²) in [5.41, 5.74) is 8.12. The standard InChI is InChI=1S/C14H24N2/c1-4-8-12(3)16(5-2)11-13-9-6-7-10-14(13)15/h6-7,9-10,12H,4-5,8,11,15H2,1-3H3. The molecule has 0 spiro atoms. The highest BCUT2D eigenvalue weighted by Gasteiger charge is 2.12. The van der Waals surface area contributed by atoms with Crippen LogP contribution >= 0.6 is 0 Å². The number of hydrogen-bond donors (Lipinski definition) is 1. The lowest BCUT2D eigenvalue weighted by atomic mass is 10.1. The van der Waals surface area contributed by atoms with Crippen LogP contribution in [0.5, 0.6) is 0 Å². The SMILES string of the molecule is CCCC(C)N(CC)Cc1ccccc1N. The van der Waals surface area contributed by atoms with Crippen LogP contribution in [0.25, 0.3) is 0 Å². The van der Waals surface area contributed by atoms with E-state index < -0.39 is 0 Å². The first-order valence-corrected chi connectivity index (χ1v) is 6.26. The molecular formula is C14H24N2. The van der Waals surface area contributed by atoms with Gasteiger partial charge in [-0.3, -0.25) is 4.90 Å². The smallest absolute Gasteiger partial charge is 0.0359 e. The molecule has 2 N–H and O–H groups in total. The van der Waals surface area contributed by atoms with E-state index in [1.54, 1.807) is 0 Å². The van der Waals surface area contributed by atoms with Crippen molar-refractivity contribution in [1.29, 1.82) is 0 Å². The summed E-state index contributed by atoms with van der Waals surface area (Å²) < 4.78 is 0. The van der Waals surface area contributed by atoms with E-state index in [1.165, 1.54) is 18.4 Å². The van der Waals surface area contributed by atoms with Gasteiger partial charge in [0.2, 0.25) is 0 Å². The average molecular weight is 220 g/mol. The molecule has 90 valence electrons. The highest BCUT2D eigenvalue weighted by Crippen LogP contribution is 2.16. The summed E-state index contributed by atoms with van der Waals surface area (Å²) in [5.74, 6) is 0. The zero-order valence-electron chi connectivity index (χ0n) is 10.7. The summed E-state index contributed by atoms with van der Waals surface area (Å²) in [5, 5.41) is 0. The number of nitrogen functional groups attached to an aromatic ring is 1. The molecular weight excluding hydrogens is 196 g/mol. The Morgan fingerprint density at radius 3 is 2.50 bits per heavy atom. The number of benzene rings is 1. The van der Waals surface area contributed by atoms with Crippen molar-refractivity contribution in [3.05, 3.63) is 29.8 Å². The monoisotopic (exact) mass is 220 g/mol. The highest BCUT2D eigenvalue weighted by molar-refractivity contribution is 5.46. The number of nitrogens with zero attached hydrogens (tertiary/aromatic N) is 1. The molecule has 1 aromatic carbocycles. The lowest BCUT2D eigenvalue weighted by Gasteiger charge is -2.28. The fourth-order valence-corrected chi connectivity index (χ4v) is 2.08. The molecule has 0 radical (unpaired) electrons. The van der Waals surface area contributed by atoms with Crippen molar-refractivity contribution in [2.75, 3.05) is 12.3 Å². The number of hydrogen-bond acceptors (Lipinski definition) is 2. The molecule has 0 aliphatic heterocycles. The molecule has 16 heavy (non-hydrogen) atoms. The molecule has 0 saturated heterocycles. The third-order valence-electron chi connectivity index (χ3n) is 3.16. The first-order chi connectivity index (χ1) is 7.69. The van der Waals surface area contributed by atoms with Gasteiger partial charge in [-0.05, 0) is 31.5 Å². The van der Waals surface area contributed by atoms with Gasteiger partial charge in [0.05, 0.1) is 0 Å². The fourth-order valence-electron chi connectivity index (χ4n) is 2.08. The van der Waals surface area contributed by atoms with E-state index in [0.717, 1.165) is 18.8 Å². The third kappa shape index (κ3) is 3.53. The minimum atomic E-state index is 0.634. The molecule has 0 saturated carbocycles. The summed E-state index contributed by atoms with van der Waals surface area (Å²) in [6.07, 6.45) is 2.49. The molecule has 0 aliphatic carbocycles. The lowest BCUT2D eigenvalue weighted by molar-refractivity contribution is 0.200. The summed E-state index contributed by atoms with van der Waals surface area (Å²) in [7, 11) is 0. The van der Waals surface area contributed by atoms with Crippen molar-refractivity contribution < 1.29 is 0 Å². The zero-order valence-corrected chi connectivity index (χ0v) is 10.7. The Balaban J connectivity index is 2.66. The number of para-hydroxylation sites is 1. The van der Waals surface area contributed by atoms with Crippen LogP contribution < -0.4 is 5.73 Å². The van der Waals surface area contributed by atoms with Gasteiger partial charge in [0.15, 0.2) is 0 Å². The Morgan fingerprint density at radius 2 is 1.94 bits per heavy atom. The Hall–Kier alpha value is -1.02. The van der Waals surface area contributed by atoms with Crippen molar-refractivity contribution >= 4 is 5.69 Å². The Kier molecular flexibility index (Phi) is 5.33. The van der Waals surface area contributed by atoms with Gasteiger partial charge < -0.3 is 5.73 Å². The van der Waals surface area contributed by atoms with E-state index in [0.29, 0.717) is 6.04 Å². The molecule has 0 bridgehead atoms. The molecule has 0 aliphatic rings. The van der Waals surface area contributed by atoms with Gasteiger partial charge in [-0.2, -0.15) is 0 Å². The van der Waals surface area contributed by atoms with Crippen LogP contribution in [0.1, 0.15) is 39.2 Å². The maximum absolute atomic E-state index is 5.97. The fraction of sp³-hybridized carbons (Fsp3) is 0.571. The molecule has 2 nitrogen and oxygen atoms in total. The quantitative estimate of drug-likeness (QED) is 0.745. The van der Waals surface area contributed by atoms with Crippen LogP contribution in [-0.4, -0.2) is 17.5 Å². The predicted octanol–water partition coefficient (Wildman–Crippen LogP) is 3.28. The summed E-state index contributed by atoms with van der Waals surface area (Å²) in [4.78, 5) is 2.48. The second-order valence-corrected chi connectivity index (χ2v) is 4.40. The largest absolute Gasteiger partial charge is 0.398 e. The number of rotatable bonds is 6. The van der Waals surface area contributed by atoms with Gasteiger partial charge in [-0.25, -0.2) is 0 Å². The maximum Gasteiger partial charge on any atom is 0.0359 e. The van der Waals surface area contributed by atoms with Crippen LogP contribution in [0.2, 0.25) is 0 Å². The van der Waals surface area contributed by atoms with Gasteiger partial charge in [0.25, 0.3) is 0 Å². The van der Waals surface area contributed by atoms with Crippen molar-refractivity contribution in [1.82, 2.24) is 4.90 Å². The van der Waals surface area contributed by atoms with E-state index in [1.807, 2.05) is 12.1 Å². The van der Waals surface area contributed by atoms with Gasteiger partial charge in [-0.15, -0.1) is 0 Å². The molecule has 0 fully saturated rings. The van der Waals surface area contributed by atoms with Crippen molar-refractivity contribution in [3.8, 4) is 0 Å². The first-order valence-electron chi connectivity index (χ1n) is 6.26. The van der Waals surface area contributed by atoms with Gasteiger partial charge in [0.1, 0.15) is 0 Å². The van der Waals surface area contributed by atoms with E-state index in [2.05, 4.69) is 37.8 Å². The van der Waals surface area contributed by atoms with Gasteiger partial charge in [0, 0.05) is 18.3 Å². The molecule has 1 rings (SSSR count). The molecule has 1 unspecified atom stereocenters. The number of anilines is 1. The van der Waals surface area contributed by atoms with E-state index >= 15 is 0 Å². The van der Waals surface area contributed by atoms with Crippen molar-refractivity contribution in [3.63, 3.8) is 0 Å². The lowest BCUT2D eigenvalue weighted by Crippen LogP contribution is -2.32. The van der Waals surface area contributed by atoms with Crippen LogP contribution in [0.15, 0.2) is 24.3 Å². The molecule has 0 amide bonds. The second kappa shape index (κ2) is 6.54. The van der Waals surface area contributed by atoms with Crippen LogP contribution in [0.4, 0.5) is 5.69 Å². The van der Waals surface area contributed by atoms with Crippen molar-refractivity contribution in [2.24, 2.45) is 0 Å². The van der Waals surface area contributed by atoms with Gasteiger partial charge >= 0.3 is 0 Å². The molecule has 1 atom stereocenters. The average Bonchev–Trinajstić information content (AvgIpc) is 2.28. The maximum atomic E-state index is 5.97. The van der Waals surface area contributed by atoms with E-state index in [4.69, 9.17) is 5.73 Å². The summed E-state index contributed by atoms with van der Waals surface area (Å²) in [6, 6.07) is 8.79. The summed E-state index contributed by atoms with van der Waals surface area (Å²) in [6.45, 7) is 8.79. The minimum Gasteiger partial charge on any atom is -0.398 e. The van der Waals surface area contributed by atoms with Crippen LogP contribution in [0.3, 0.4) is 0 Å². The van der Waals surface area contributed by atoms with E-state index in [-0.39, 0.29) is 0 Å². The van der Waals surface area contributed by atoms with Crippen LogP contribution in [0, 0.1) is 0 Å². The number of nitrogens with two attached hydrogens (primary N) is 1. The normalized spacial score (nSPS) is 13.0. The Morgan fingerprint density at radius 1 is 1.25 bits per heavy atom.